The maximum absolute atomic E-state index is 11.2. The van der Waals surface area contributed by atoms with E-state index < -0.39 is 11.9 Å². The van der Waals surface area contributed by atoms with E-state index >= 15 is 0 Å². The van der Waals surface area contributed by atoms with Crippen LogP contribution >= 0.6 is 11.3 Å². The Hall–Kier alpha value is -1.89. The number of hydrogen-bond donors (Lipinski definition) is 3. The number of aromatic nitrogens is 3. The Balaban J connectivity index is 1.79. The number of anilines is 1. The van der Waals surface area contributed by atoms with E-state index in [1.165, 1.54) is 0 Å². The van der Waals surface area contributed by atoms with E-state index in [1.807, 2.05) is 0 Å². The topological polar surface area (TPSA) is 90.9 Å². The van der Waals surface area contributed by atoms with Gasteiger partial charge in [0.2, 0.25) is 0 Å². The molecule has 1 aliphatic rings. The van der Waals surface area contributed by atoms with E-state index in [4.69, 9.17) is 0 Å². The Labute approximate surface area is 120 Å². The second-order valence-electron chi connectivity index (χ2n) is 4.84. The molecule has 2 atom stereocenters. The van der Waals surface area contributed by atoms with Crippen molar-refractivity contribution in [2.45, 2.75) is 38.1 Å². The van der Waals surface area contributed by atoms with Crippen LogP contribution in [0, 0.1) is 0 Å². The number of carboxylic acids is 1. The Morgan fingerprint density at radius 3 is 3.20 bits per heavy atom. The molecule has 0 radical (unpaired) electrons. The second-order valence-corrected chi connectivity index (χ2v) is 5.92. The largest absolute Gasteiger partial charge is 0.481 e. The van der Waals surface area contributed by atoms with Gasteiger partial charge in [0.25, 0.3) is 0 Å². The standard InChI is InChI=1S/C13H16N4O2S/c1-2-8(11-14-5-6-15-11)16-13-17-10-7(12(18)19)3-4-9(10)20-13/h5-8H,2-4H2,1H3,(H,14,15)(H,16,17)(H,18,19). The summed E-state index contributed by atoms with van der Waals surface area (Å²) >= 11 is 1.56. The van der Waals surface area contributed by atoms with Crippen molar-refractivity contribution in [3.8, 4) is 0 Å². The number of fused-ring (bicyclic) bond motifs is 1. The summed E-state index contributed by atoms with van der Waals surface area (Å²) in [6, 6.07) is 0.0690. The molecule has 6 nitrogen and oxygen atoms in total. The van der Waals surface area contributed by atoms with Gasteiger partial charge in [-0.25, -0.2) is 9.97 Å². The van der Waals surface area contributed by atoms with Crippen LogP contribution in [-0.4, -0.2) is 26.0 Å². The summed E-state index contributed by atoms with van der Waals surface area (Å²) in [7, 11) is 0. The first-order valence-corrected chi connectivity index (χ1v) is 7.49. The van der Waals surface area contributed by atoms with Gasteiger partial charge in [0.05, 0.1) is 11.7 Å². The summed E-state index contributed by atoms with van der Waals surface area (Å²) in [5.41, 5.74) is 0.735. The van der Waals surface area contributed by atoms with E-state index in [2.05, 4.69) is 27.2 Å². The minimum absolute atomic E-state index is 0.0690. The highest BCUT2D eigenvalue weighted by Crippen LogP contribution is 2.39. The lowest BCUT2D eigenvalue weighted by Crippen LogP contribution is -2.12. The Bertz CT molecular complexity index is 608. The molecule has 0 fully saturated rings. The molecule has 0 spiro atoms. The number of thiazole rings is 1. The van der Waals surface area contributed by atoms with E-state index in [0.717, 1.165) is 34.4 Å². The van der Waals surface area contributed by atoms with Crippen molar-refractivity contribution in [1.82, 2.24) is 15.0 Å². The monoisotopic (exact) mass is 292 g/mol. The molecule has 3 rings (SSSR count). The third-order valence-electron chi connectivity index (χ3n) is 3.57. The number of aryl methyl sites for hydroxylation is 1. The van der Waals surface area contributed by atoms with Crippen molar-refractivity contribution in [2.75, 3.05) is 5.32 Å². The van der Waals surface area contributed by atoms with Crippen molar-refractivity contribution in [3.63, 3.8) is 0 Å². The molecule has 0 aromatic carbocycles. The number of hydrogen-bond acceptors (Lipinski definition) is 5. The lowest BCUT2D eigenvalue weighted by molar-refractivity contribution is -0.138. The van der Waals surface area contributed by atoms with Crippen LogP contribution in [0.15, 0.2) is 12.4 Å². The highest BCUT2D eigenvalue weighted by Gasteiger charge is 2.32. The first-order chi connectivity index (χ1) is 9.69. The van der Waals surface area contributed by atoms with E-state index in [1.54, 1.807) is 23.7 Å². The Morgan fingerprint density at radius 2 is 2.55 bits per heavy atom. The van der Waals surface area contributed by atoms with Gasteiger partial charge in [-0.3, -0.25) is 4.79 Å². The first-order valence-electron chi connectivity index (χ1n) is 6.67. The molecule has 1 aliphatic carbocycles. The van der Waals surface area contributed by atoms with Crippen molar-refractivity contribution in [2.24, 2.45) is 0 Å². The molecule has 0 saturated heterocycles. The number of nitrogens with zero attached hydrogens (tertiary/aromatic N) is 2. The molecule has 2 heterocycles. The number of rotatable bonds is 5. The normalized spacial score (nSPS) is 18.8. The smallest absolute Gasteiger partial charge is 0.312 e. The van der Waals surface area contributed by atoms with E-state index in [0.29, 0.717) is 6.42 Å². The molecule has 7 heteroatoms. The molecule has 106 valence electrons. The molecule has 0 amide bonds. The van der Waals surface area contributed by atoms with Crippen LogP contribution in [0.1, 0.15) is 48.1 Å². The van der Waals surface area contributed by atoms with Gasteiger partial charge in [-0.15, -0.1) is 11.3 Å². The van der Waals surface area contributed by atoms with Crippen molar-refractivity contribution in [1.29, 1.82) is 0 Å². The van der Waals surface area contributed by atoms with E-state index in [-0.39, 0.29) is 6.04 Å². The van der Waals surface area contributed by atoms with Crippen molar-refractivity contribution < 1.29 is 9.90 Å². The molecule has 0 aliphatic heterocycles. The van der Waals surface area contributed by atoms with Crippen LogP contribution in [0.25, 0.3) is 0 Å². The Morgan fingerprint density at radius 1 is 1.70 bits per heavy atom. The second kappa shape index (κ2) is 5.24. The zero-order chi connectivity index (χ0) is 14.1. The summed E-state index contributed by atoms with van der Waals surface area (Å²) in [6.07, 6.45) is 5.87. The molecular formula is C13H16N4O2S. The van der Waals surface area contributed by atoms with Crippen LogP contribution < -0.4 is 5.32 Å². The fourth-order valence-corrected chi connectivity index (χ4v) is 3.60. The van der Waals surface area contributed by atoms with Gasteiger partial charge in [-0.05, 0) is 19.3 Å². The lowest BCUT2D eigenvalue weighted by atomic mass is 10.1. The first kappa shape index (κ1) is 13.1. The maximum Gasteiger partial charge on any atom is 0.312 e. The average molecular weight is 292 g/mol. The molecule has 2 unspecified atom stereocenters. The molecule has 2 aromatic rings. The molecule has 2 aromatic heterocycles. The minimum Gasteiger partial charge on any atom is -0.481 e. The molecule has 0 bridgehead atoms. The quantitative estimate of drug-likeness (QED) is 0.787. The molecule has 3 N–H and O–H groups in total. The van der Waals surface area contributed by atoms with Gasteiger partial charge in [0, 0.05) is 17.3 Å². The minimum atomic E-state index is -0.779. The highest BCUT2D eigenvalue weighted by molar-refractivity contribution is 7.15. The predicted molar refractivity (Wildman–Crippen MR) is 76.1 cm³/mol. The fourth-order valence-electron chi connectivity index (χ4n) is 2.51. The van der Waals surface area contributed by atoms with Crippen molar-refractivity contribution >= 4 is 22.4 Å². The number of aromatic amines is 1. The van der Waals surface area contributed by atoms with Crippen LogP contribution in [0.3, 0.4) is 0 Å². The van der Waals surface area contributed by atoms with Crippen LogP contribution in [0.4, 0.5) is 5.13 Å². The SMILES string of the molecule is CCC(Nc1nc2c(s1)CCC2C(=O)O)c1ncc[nH]1. The maximum atomic E-state index is 11.2. The number of carboxylic acid groups (broad SMARTS) is 1. The number of imidazole rings is 1. The zero-order valence-electron chi connectivity index (χ0n) is 11.1. The van der Waals surface area contributed by atoms with Gasteiger partial charge >= 0.3 is 5.97 Å². The van der Waals surface area contributed by atoms with E-state index in [9.17, 15) is 9.90 Å². The molecular weight excluding hydrogens is 276 g/mol. The van der Waals surface area contributed by atoms with Crippen LogP contribution in [0.5, 0.6) is 0 Å². The van der Waals surface area contributed by atoms with Gasteiger partial charge in [0.1, 0.15) is 11.7 Å². The third-order valence-corrected chi connectivity index (χ3v) is 4.63. The summed E-state index contributed by atoms with van der Waals surface area (Å²) in [5, 5.41) is 13.3. The summed E-state index contributed by atoms with van der Waals surface area (Å²) in [6.45, 7) is 2.07. The molecule has 20 heavy (non-hydrogen) atoms. The number of H-pyrrole nitrogens is 1. The zero-order valence-corrected chi connectivity index (χ0v) is 11.9. The average Bonchev–Trinajstić information content (AvgIpc) is 3.11. The van der Waals surface area contributed by atoms with Gasteiger partial charge in [-0.2, -0.15) is 0 Å². The summed E-state index contributed by atoms with van der Waals surface area (Å²) in [4.78, 5) is 24.1. The number of nitrogens with one attached hydrogen (secondary N) is 2. The number of aliphatic carboxylic acids is 1. The predicted octanol–water partition coefficient (Wildman–Crippen LogP) is 2.54. The van der Waals surface area contributed by atoms with Crippen molar-refractivity contribution in [3.05, 3.63) is 28.8 Å². The van der Waals surface area contributed by atoms with Gasteiger partial charge < -0.3 is 15.4 Å². The van der Waals surface area contributed by atoms with Gasteiger partial charge in [-0.1, -0.05) is 6.92 Å². The lowest BCUT2D eigenvalue weighted by Gasteiger charge is -2.13. The summed E-state index contributed by atoms with van der Waals surface area (Å²) in [5.74, 6) is -0.350. The van der Waals surface area contributed by atoms with Crippen LogP contribution in [0.2, 0.25) is 0 Å². The third kappa shape index (κ3) is 2.29. The fraction of sp³-hybridized carbons (Fsp3) is 0.462. The Kier molecular flexibility index (Phi) is 3.43. The summed E-state index contributed by atoms with van der Waals surface area (Å²) < 4.78 is 0. The van der Waals surface area contributed by atoms with Crippen LogP contribution in [-0.2, 0) is 11.2 Å². The van der Waals surface area contributed by atoms with Gasteiger partial charge in [0.15, 0.2) is 5.13 Å². The number of carbonyl (C=O) groups is 1. The molecule has 0 saturated carbocycles. The highest BCUT2D eigenvalue weighted by atomic mass is 32.1.